The zero-order valence-electron chi connectivity index (χ0n) is 20.9. The zero-order valence-corrected chi connectivity index (χ0v) is 20.9. The number of ether oxygens (including phenoxy) is 1. The van der Waals surface area contributed by atoms with Gasteiger partial charge in [0.25, 0.3) is 0 Å². The van der Waals surface area contributed by atoms with Gasteiger partial charge in [-0.15, -0.1) is 0 Å². The summed E-state index contributed by atoms with van der Waals surface area (Å²) in [5, 5.41) is 0. The van der Waals surface area contributed by atoms with E-state index in [0.29, 0.717) is 12.0 Å². The van der Waals surface area contributed by atoms with E-state index in [9.17, 15) is 22.4 Å². The molecule has 0 bridgehead atoms. The van der Waals surface area contributed by atoms with Crippen LogP contribution in [0.15, 0.2) is 18.2 Å². The number of unbranched alkanes of at least 4 members (excludes halogenated alkanes) is 2. The molecule has 3 fully saturated rings. The Labute approximate surface area is 207 Å². The van der Waals surface area contributed by atoms with Gasteiger partial charge in [-0.25, -0.2) is 4.39 Å². The Bertz CT molecular complexity index is 844. The number of carbonyl (C=O) groups is 1. The maximum Gasteiger partial charge on any atom is 0.416 e. The van der Waals surface area contributed by atoms with E-state index < -0.39 is 29.3 Å². The van der Waals surface area contributed by atoms with E-state index in [1.165, 1.54) is 64.2 Å². The second-order valence-corrected chi connectivity index (χ2v) is 11.4. The van der Waals surface area contributed by atoms with Gasteiger partial charge in [0, 0.05) is 0 Å². The fourth-order valence-corrected chi connectivity index (χ4v) is 7.17. The lowest BCUT2D eigenvalue weighted by Gasteiger charge is -2.45. The van der Waals surface area contributed by atoms with Crippen LogP contribution in [0.2, 0.25) is 0 Å². The summed E-state index contributed by atoms with van der Waals surface area (Å²) >= 11 is 0. The molecule has 4 rings (SSSR count). The molecule has 1 aromatic carbocycles. The first kappa shape index (κ1) is 26.5. The Morgan fingerprint density at radius 2 is 1.51 bits per heavy atom. The van der Waals surface area contributed by atoms with Crippen LogP contribution in [0.4, 0.5) is 17.6 Å². The molecule has 3 aliphatic carbocycles. The van der Waals surface area contributed by atoms with Crippen LogP contribution >= 0.6 is 0 Å². The quantitative estimate of drug-likeness (QED) is 0.163. The predicted molar refractivity (Wildman–Crippen MR) is 128 cm³/mol. The van der Waals surface area contributed by atoms with Crippen LogP contribution in [0.1, 0.15) is 102 Å². The average molecular weight is 497 g/mol. The van der Waals surface area contributed by atoms with E-state index in [-0.39, 0.29) is 5.92 Å². The molecule has 196 valence electrons. The molecule has 0 aliphatic heterocycles. The lowest BCUT2D eigenvalue weighted by atomic mass is 9.60. The molecule has 2 nitrogen and oxygen atoms in total. The van der Waals surface area contributed by atoms with Gasteiger partial charge in [0.15, 0.2) is 11.6 Å². The first-order valence-electron chi connectivity index (χ1n) is 13.8. The van der Waals surface area contributed by atoms with Crippen molar-refractivity contribution in [3.63, 3.8) is 0 Å². The summed E-state index contributed by atoms with van der Waals surface area (Å²) in [5.41, 5.74) is -1.09. The average Bonchev–Trinajstić information content (AvgIpc) is 2.84. The third kappa shape index (κ3) is 6.80. The molecule has 35 heavy (non-hydrogen) atoms. The van der Waals surface area contributed by atoms with Crippen molar-refractivity contribution in [2.24, 2.45) is 35.5 Å². The number of hydrogen-bond donors (Lipinski definition) is 0. The molecule has 6 heteroatoms. The van der Waals surface area contributed by atoms with Crippen LogP contribution in [0.25, 0.3) is 0 Å². The molecular formula is C29H40F4O2. The molecular weight excluding hydrogens is 456 g/mol. The predicted octanol–water partition coefficient (Wildman–Crippen LogP) is 8.97. The number of carbonyl (C=O) groups excluding carboxylic acids is 1. The van der Waals surface area contributed by atoms with Gasteiger partial charge in [0.1, 0.15) is 0 Å². The number of halogens is 4. The Morgan fingerprint density at radius 3 is 2.17 bits per heavy atom. The van der Waals surface area contributed by atoms with Gasteiger partial charge in [-0.2, -0.15) is 13.2 Å². The second-order valence-electron chi connectivity index (χ2n) is 11.4. The Hall–Kier alpha value is -1.59. The Morgan fingerprint density at radius 1 is 0.886 bits per heavy atom. The van der Waals surface area contributed by atoms with Gasteiger partial charge in [-0.3, -0.25) is 4.79 Å². The van der Waals surface area contributed by atoms with E-state index in [1.807, 2.05) is 0 Å². The third-order valence-corrected chi connectivity index (χ3v) is 9.22. The molecule has 0 saturated heterocycles. The van der Waals surface area contributed by atoms with E-state index in [4.69, 9.17) is 4.74 Å². The largest absolute Gasteiger partial charge is 0.423 e. The van der Waals surface area contributed by atoms with E-state index >= 15 is 0 Å². The molecule has 3 aliphatic rings. The van der Waals surface area contributed by atoms with Gasteiger partial charge in [-0.05, 0) is 106 Å². The number of hydrogen-bond acceptors (Lipinski definition) is 2. The SMILES string of the molecule is CCCCCC1CCC2CC(C3CCC(C(=O)Oc4ccc(C(F)(F)F)cc4F)CC3)CCC2C1. The Balaban J connectivity index is 1.22. The van der Waals surface area contributed by atoms with Crippen molar-refractivity contribution in [1.82, 2.24) is 0 Å². The summed E-state index contributed by atoms with van der Waals surface area (Å²) in [6, 6.07) is 2.03. The van der Waals surface area contributed by atoms with Crippen LogP contribution in [0.5, 0.6) is 5.75 Å². The highest BCUT2D eigenvalue weighted by atomic mass is 19.4. The molecule has 0 heterocycles. The van der Waals surface area contributed by atoms with E-state index in [2.05, 4.69) is 6.92 Å². The number of esters is 1. The summed E-state index contributed by atoms with van der Waals surface area (Å²) in [4.78, 5) is 12.6. The van der Waals surface area contributed by atoms with Crippen molar-refractivity contribution >= 4 is 5.97 Å². The van der Waals surface area contributed by atoms with Gasteiger partial charge >= 0.3 is 12.1 Å². The monoisotopic (exact) mass is 496 g/mol. The summed E-state index contributed by atoms with van der Waals surface area (Å²) in [6.07, 6.45) is 12.4. The van der Waals surface area contributed by atoms with Crippen LogP contribution in [-0.2, 0) is 11.0 Å². The van der Waals surface area contributed by atoms with Gasteiger partial charge in [-0.1, -0.05) is 39.0 Å². The fourth-order valence-electron chi connectivity index (χ4n) is 7.17. The van der Waals surface area contributed by atoms with Gasteiger partial charge in [0.2, 0.25) is 0 Å². The summed E-state index contributed by atoms with van der Waals surface area (Å²) in [7, 11) is 0. The van der Waals surface area contributed by atoms with Crippen molar-refractivity contribution in [2.45, 2.75) is 103 Å². The standard InChI is InChI=1S/C29H40F4O2/c1-2-3-4-5-19-6-7-24-17-23(13-12-22(24)16-19)20-8-10-21(11-9-20)28(34)35-27-15-14-25(18-26(27)30)29(31,32)33/h14-15,18-24H,2-13,16-17H2,1H3. The number of alkyl halides is 3. The molecule has 0 aromatic heterocycles. The second kappa shape index (κ2) is 11.6. The van der Waals surface area contributed by atoms with E-state index in [1.54, 1.807) is 0 Å². The molecule has 0 N–H and O–H groups in total. The number of fused-ring (bicyclic) bond motifs is 1. The topological polar surface area (TPSA) is 26.3 Å². The number of rotatable bonds is 7. The molecule has 0 spiro atoms. The molecule has 3 saturated carbocycles. The highest BCUT2D eigenvalue weighted by Crippen LogP contribution is 2.49. The minimum Gasteiger partial charge on any atom is -0.423 e. The smallest absolute Gasteiger partial charge is 0.416 e. The first-order chi connectivity index (χ1) is 16.7. The Kier molecular flexibility index (Phi) is 8.80. The zero-order chi connectivity index (χ0) is 25.0. The van der Waals surface area contributed by atoms with Crippen molar-refractivity contribution in [3.8, 4) is 5.75 Å². The molecule has 0 amide bonds. The van der Waals surface area contributed by atoms with Crippen LogP contribution in [-0.4, -0.2) is 5.97 Å². The normalized spacial score (nSPS) is 31.6. The minimum atomic E-state index is -4.63. The summed E-state index contributed by atoms with van der Waals surface area (Å²) in [5.74, 6) is 1.72. The number of benzene rings is 1. The van der Waals surface area contributed by atoms with Crippen LogP contribution in [0, 0.1) is 41.3 Å². The fraction of sp³-hybridized carbons (Fsp3) is 0.759. The van der Waals surface area contributed by atoms with E-state index in [0.717, 1.165) is 61.5 Å². The lowest BCUT2D eigenvalue weighted by Crippen LogP contribution is -2.35. The van der Waals surface area contributed by atoms with Crippen molar-refractivity contribution < 1.29 is 27.1 Å². The van der Waals surface area contributed by atoms with Crippen molar-refractivity contribution in [3.05, 3.63) is 29.6 Å². The van der Waals surface area contributed by atoms with Gasteiger partial charge < -0.3 is 4.74 Å². The summed E-state index contributed by atoms with van der Waals surface area (Å²) < 4.78 is 57.4. The summed E-state index contributed by atoms with van der Waals surface area (Å²) in [6.45, 7) is 2.27. The van der Waals surface area contributed by atoms with Crippen molar-refractivity contribution in [2.75, 3.05) is 0 Å². The minimum absolute atomic E-state index is 0.303. The van der Waals surface area contributed by atoms with Gasteiger partial charge in [0.05, 0.1) is 11.5 Å². The molecule has 0 radical (unpaired) electrons. The highest BCUT2D eigenvalue weighted by molar-refractivity contribution is 5.75. The molecule has 4 atom stereocenters. The first-order valence-corrected chi connectivity index (χ1v) is 13.8. The molecule has 4 unspecified atom stereocenters. The van der Waals surface area contributed by atoms with Crippen LogP contribution in [0.3, 0.4) is 0 Å². The highest BCUT2D eigenvalue weighted by Gasteiger charge is 2.39. The lowest BCUT2D eigenvalue weighted by molar-refractivity contribution is -0.140. The third-order valence-electron chi connectivity index (χ3n) is 9.22. The maximum absolute atomic E-state index is 14.1. The molecule has 1 aromatic rings. The van der Waals surface area contributed by atoms with Crippen LogP contribution < -0.4 is 4.74 Å². The maximum atomic E-state index is 14.1. The van der Waals surface area contributed by atoms with Crippen molar-refractivity contribution in [1.29, 1.82) is 0 Å².